The molecule has 2 bridgehead atoms. The number of hydrogen-bond donors (Lipinski definition) is 0. The zero-order valence-electron chi connectivity index (χ0n) is 32.8. The van der Waals surface area contributed by atoms with Crippen LogP contribution in [0.4, 0.5) is 17.1 Å². The maximum Gasteiger partial charge on any atom is 0.207 e. The number of para-hydroxylation sites is 1. The number of furan rings is 1. The van der Waals surface area contributed by atoms with Gasteiger partial charge in [-0.15, -0.1) is 0 Å². The predicted octanol–water partition coefficient (Wildman–Crippen LogP) is 13.9. The maximum atomic E-state index is 14.9. The fourth-order valence-corrected chi connectivity index (χ4v) is 13.2. The average molecular weight is 776 g/mol. The van der Waals surface area contributed by atoms with E-state index in [4.69, 9.17) is 4.42 Å². The summed E-state index contributed by atoms with van der Waals surface area (Å²) in [5.74, 6) is 2.03. The largest absolute Gasteiger partial charge is 0.456 e. The van der Waals surface area contributed by atoms with E-state index in [1.165, 1.54) is 0 Å². The standard InChI is InChI=1S/C53H45NO3S/c1-34-28-40-30-35(2)31-41(29-34)53(40)47-13-7-9-15-51(47)58(55,56)52-33-44(25-27-48(52)53)54(42-21-16-37(17-22-42)36-10-4-3-5-11-36)43-23-18-38(19-24-43)39-20-26-46-45-12-6-8-14-49(45)57-50(46)32-39/h3-27,32-35,40-41H,28-31H2,1-2H3/t34-,35+,40+,41-,53?. The van der Waals surface area contributed by atoms with E-state index < -0.39 is 9.84 Å². The first-order valence-corrected chi connectivity index (χ1v) is 22.2. The Morgan fingerprint density at radius 2 is 1.00 bits per heavy atom. The molecule has 5 heteroatoms. The maximum absolute atomic E-state index is 14.9. The van der Waals surface area contributed by atoms with Gasteiger partial charge in [0.05, 0.1) is 9.79 Å². The number of anilines is 3. The van der Waals surface area contributed by atoms with Crippen LogP contribution < -0.4 is 4.90 Å². The number of fused-ring (bicyclic) bond motifs is 5. The summed E-state index contributed by atoms with van der Waals surface area (Å²) in [6.45, 7) is 4.78. The van der Waals surface area contributed by atoms with Crippen LogP contribution in [-0.4, -0.2) is 8.42 Å². The van der Waals surface area contributed by atoms with Crippen LogP contribution in [0.15, 0.2) is 178 Å². The molecule has 1 aliphatic heterocycles. The fraction of sp³-hybridized carbons (Fsp3) is 0.208. The van der Waals surface area contributed by atoms with E-state index in [0.29, 0.717) is 33.5 Å². The Kier molecular flexibility index (Phi) is 8.10. The molecule has 3 aliphatic rings. The van der Waals surface area contributed by atoms with Gasteiger partial charge in [-0.2, -0.15) is 0 Å². The molecule has 11 rings (SSSR count). The minimum absolute atomic E-state index is 0.320. The molecule has 0 amide bonds. The predicted molar refractivity (Wildman–Crippen MR) is 236 cm³/mol. The minimum atomic E-state index is -3.80. The van der Waals surface area contributed by atoms with Gasteiger partial charge in [-0.25, -0.2) is 8.42 Å². The van der Waals surface area contributed by atoms with Crippen LogP contribution in [-0.2, 0) is 15.3 Å². The van der Waals surface area contributed by atoms with Crippen molar-refractivity contribution in [3.8, 4) is 22.3 Å². The SMILES string of the molecule is C[C@H]1C[C@@H]2C[C@@H](C)C[C@H](C1)C21c2ccccc2S(=O)(=O)c2cc(N(c3ccc(-c4ccccc4)cc3)c3ccc(-c4ccc5c(c4)oc4ccccc45)cc3)ccc21. The molecule has 1 spiro atoms. The van der Waals surface area contributed by atoms with Gasteiger partial charge in [0, 0.05) is 33.2 Å². The highest BCUT2D eigenvalue weighted by Crippen LogP contribution is 2.64. The minimum Gasteiger partial charge on any atom is -0.456 e. The highest BCUT2D eigenvalue weighted by atomic mass is 32.2. The molecule has 0 saturated heterocycles. The monoisotopic (exact) mass is 775 g/mol. The van der Waals surface area contributed by atoms with Gasteiger partial charge in [-0.05, 0) is 143 Å². The molecule has 0 N–H and O–H groups in total. The van der Waals surface area contributed by atoms with Crippen LogP contribution in [0.2, 0.25) is 0 Å². The molecule has 8 aromatic rings. The Morgan fingerprint density at radius 3 is 1.69 bits per heavy atom. The lowest BCUT2D eigenvalue weighted by molar-refractivity contribution is 0.0231. The number of hydrogen-bond acceptors (Lipinski definition) is 4. The van der Waals surface area contributed by atoms with Crippen molar-refractivity contribution in [1.29, 1.82) is 0 Å². The summed E-state index contributed by atoms with van der Waals surface area (Å²) in [6.07, 6.45) is 4.47. The van der Waals surface area contributed by atoms with E-state index in [2.05, 4.69) is 134 Å². The molecule has 2 heterocycles. The van der Waals surface area contributed by atoms with Crippen molar-refractivity contribution in [3.63, 3.8) is 0 Å². The Morgan fingerprint density at radius 1 is 0.483 bits per heavy atom. The Hall–Kier alpha value is -5.91. The van der Waals surface area contributed by atoms with E-state index in [1.807, 2.05) is 48.5 Å². The second-order valence-corrected chi connectivity index (χ2v) is 19.1. The molecule has 0 unspecified atom stereocenters. The van der Waals surface area contributed by atoms with E-state index >= 15 is 0 Å². The van der Waals surface area contributed by atoms with E-state index in [-0.39, 0.29) is 5.41 Å². The summed E-state index contributed by atoms with van der Waals surface area (Å²) in [5, 5.41) is 2.22. The van der Waals surface area contributed by atoms with Gasteiger partial charge in [-0.1, -0.05) is 117 Å². The summed E-state index contributed by atoms with van der Waals surface area (Å²) in [6, 6.07) is 56.4. The van der Waals surface area contributed by atoms with Gasteiger partial charge >= 0.3 is 0 Å². The summed E-state index contributed by atoms with van der Waals surface area (Å²) in [4.78, 5) is 3.16. The molecular weight excluding hydrogens is 731 g/mol. The molecule has 4 nitrogen and oxygen atoms in total. The van der Waals surface area contributed by atoms with Crippen LogP contribution >= 0.6 is 0 Å². The Bertz CT molecular complexity index is 2940. The van der Waals surface area contributed by atoms with E-state index in [0.717, 1.165) is 98.1 Å². The zero-order valence-corrected chi connectivity index (χ0v) is 33.6. The third-order valence-electron chi connectivity index (χ3n) is 13.7. The van der Waals surface area contributed by atoms with Crippen LogP contribution in [0.1, 0.15) is 50.7 Å². The molecule has 2 saturated carbocycles. The second kappa shape index (κ2) is 13.3. The highest BCUT2D eigenvalue weighted by molar-refractivity contribution is 7.91. The van der Waals surface area contributed by atoms with Crippen LogP contribution in [0, 0.1) is 23.7 Å². The second-order valence-electron chi connectivity index (χ2n) is 17.2. The van der Waals surface area contributed by atoms with Gasteiger partial charge in [-0.3, -0.25) is 0 Å². The van der Waals surface area contributed by atoms with Crippen molar-refractivity contribution in [2.24, 2.45) is 23.7 Å². The molecule has 58 heavy (non-hydrogen) atoms. The van der Waals surface area contributed by atoms with Gasteiger partial charge in [0.15, 0.2) is 0 Å². The smallest absolute Gasteiger partial charge is 0.207 e. The van der Waals surface area contributed by atoms with Crippen LogP contribution in [0.3, 0.4) is 0 Å². The molecule has 0 atom stereocenters. The van der Waals surface area contributed by atoms with E-state index in [1.54, 1.807) is 0 Å². The van der Waals surface area contributed by atoms with Crippen molar-refractivity contribution >= 4 is 48.8 Å². The summed E-state index contributed by atoms with van der Waals surface area (Å²) in [7, 11) is -3.80. The first kappa shape index (κ1) is 35.3. The first-order chi connectivity index (χ1) is 28.3. The van der Waals surface area contributed by atoms with E-state index in [9.17, 15) is 8.42 Å². The molecule has 286 valence electrons. The fourth-order valence-electron chi connectivity index (χ4n) is 11.4. The number of benzene rings is 7. The first-order valence-electron chi connectivity index (χ1n) is 20.8. The van der Waals surface area contributed by atoms with Crippen molar-refractivity contribution in [3.05, 3.63) is 175 Å². The third-order valence-corrected chi connectivity index (χ3v) is 15.5. The topological polar surface area (TPSA) is 50.5 Å². The van der Waals surface area contributed by atoms with Gasteiger partial charge in [0.1, 0.15) is 11.2 Å². The lowest BCUT2D eigenvalue weighted by atomic mass is 9.46. The normalized spacial score (nSPS) is 23.1. The molecule has 7 aromatic carbocycles. The quantitative estimate of drug-likeness (QED) is 0.175. The van der Waals surface area contributed by atoms with Crippen molar-refractivity contribution in [2.75, 3.05) is 4.90 Å². The number of rotatable bonds is 5. The van der Waals surface area contributed by atoms with Gasteiger partial charge in [0.25, 0.3) is 0 Å². The van der Waals surface area contributed by atoms with Crippen molar-refractivity contribution in [1.82, 2.24) is 0 Å². The summed E-state index contributed by atoms with van der Waals surface area (Å²) < 4.78 is 36.1. The summed E-state index contributed by atoms with van der Waals surface area (Å²) >= 11 is 0. The highest BCUT2D eigenvalue weighted by Gasteiger charge is 2.59. The van der Waals surface area contributed by atoms with Crippen molar-refractivity contribution in [2.45, 2.75) is 54.7 Å². The van der Waals surface area contributed by atoms with Gasteiger partial charge in [0.2, 0.25) is 9.84 Å². The van der Waals surface area contributed by atoms with Crippen LogP contribution in [0.5, 0.6) is 0 Å². The Balaban J connectivity index is 1.06. The molecule has 2 aliphatic carbocycles. The Labute approximate surface area is 340 Å². The molecular formula is C53H45NO3S. The molecule has 2 fully saturated rings. The molecule has 0 radical (unpaired) electrons. The third kappa shape index (κ3) is 5.36. The van der Waals surface area contributed by atoms with Crippen LogP contribution in [0.25, 0.3) is 44.2 Å². The average Bonchev–Trinajstić information content (AvgIpc) is 3.62. The number of nitrogens with zero attached hydrogens (tertiary/aromatic N) is 1. The number of sulfone groups is 1. The summed E-state index contributed by atoms with van der Waals surface area (Å²) in [5.41, 5.74) is 10.6. The molecule has 1 aromatic heterocycles. The lowest BCUT2D eigenvalue weighted by Crippen LogP contribution is -2.54. The van der Waals surface area contributed by atoms with Gasteiger partial charge < -0.3 is 9.32 Å². The lowest BCUT2D eigenvalue weighted by Gasteiger charge is -2.59. The van der Waals surface area contributed by atoms with Crippen molar-refractivity contribution < 1.29 is 12.8 Å². The zero-order chi connectivity index (χ0) is 39.2.